The Balaban J connectivity index is 1.70. The minimum atomic E-state index is -4.64. The third-order valence-corrected chi connectivity index (χ3v) is 9.99. The van der Waals surface area contributed by atoms with Crippen LogP contribution >= 0.6 is 0 Å². The van der Waals surface area contributed by atoms with E-state index in [1.807, 2.05) is 5.32 Å². The number of alkyl carbamates (subject to hydrolysis) is 2. The standard InChI is InChI=1S/C51H75F3N6O17/c1-49(2,3)76-47(69)57-21-22-71-23-24-72-25-26-73-27-28-74-33-41(63)56-20-12-7-9-13-39(61)55-19-11-8-10-14-40(62)58-37-29-34(30-38(31-37)59-44(64)35-15-17-36(18-16-35)51(52,53)54)32-75-43(46(67)68)42(45(65)66)60-48(70)77-50(4,5)6/h15-18,29-31,42-43H,7-14,19-28,32-33H2,1-6H3,(H,55,61)(H,56,63)(H,57,69)(H,58,62)(H,59,64)(H,60,70)(H,65,66)(H,67,68)/t42-,43-/m0/s1. The van der Waals surface area contributed by atoms with Crippen molar-refractivity contribution in [3.05, 3.63) is 59.2 Å². The lowest BCUT2D eigenvalue weighted by atomic mass is 10.1. The number of nitrogens with one attached hydrogen (secondary N) is 6. The third-order valence-electron chi connectivity index (χ3n) is 9.99. The lowest BCUT2D eigenvalue weighted by molar-refractivity contribution is -0.161. The van der Waals surface area contributed by atoms with Gasteiger partial charge in [0.1, 0.15) is 17.8 Å². The maximum Gasteiger partial charge on any atom is 0.416 e. The number of amides is 6. The van der Waals surface area contributed by atoms with E-state index >= 15 is 0 Å². The molecule has 77 heavy (non-hydrogen) atoms. The molecule has 23 nitrogen and oxygen atoms in total. The molecular weight excluding hydrogens is 1030 g/mol. The van der Waals surface area contributed by atoms with Crippen molar-refractivity contribution in [2.24, 2.45) is 0 Å². The van der Waals surface area contributed by atoms with Crippen molar-refractivity contribution in [3.63, 3.8) is 0 Å². The molecule has 6 amide bonds. The number of unbranched alkanes of at least 4 members (excludes halogenated alkanes) is 4. The Morgan fingerprint density at radius 1 is 0.545 bits per heavy atom. The topological polar surface area (TPSA) is 314 Å². The number of rotatable bonds is 36. The van der Waals surface area contributed by atoms with E-state index in [0.29, 0.717) is 97.6 Å². The molecule has 432 valence electrons. The maximum atomic E-state index is 13.1. The first kappa shape index (κ1) is 66.5. The lowest BCUT2D eigenvalue weighted by Crippen LogP contribution is -2.53. The van der Waals surface area contributed by atoms with E-state index in [4.69, 9.17) is 33.2 Å². The fraction of sp³-hybridized carbons (Fsp3) is 0.608. The second-order valence-corrected chi connectivity index (χ2v) is 19.2. The van der Waals surface area contributed by atoms with Crippen LogP contribution in [0.15, 0.2) is 42.5 Å². The summed E-state index contributed by atoms with van der Waals surface area (Å²) in [5.74, 6) is -5.20. The molecule has 26 heteroatoms. The van der Waals surface area contributed by atoms with Crippen LogP contribution in [0.4, 0.5) is 34.1 Å². The number of anilines is 2. The molecule has 2 aromatic rings. The lowest BCUT2D eigenvalue weighted by Gasteiger charge is -2.25. The van der Waals surface area contributed by atoms with Crippen LogP contribution in [-0.4, -0.2) is 154 Å². The Labute approximate surface area is 445 Å². The van der Waals surface area contributed by atoms with Gasteiger partial charge in [-0.2, -0.15) is 13.2 Å². The minimum Gasteiger partial charge on any atom is -0.480 e. The Bertz CT molecular complexity index is 2190. The van der Waals surface area contributed by atoms with Gasteiger partial charge in [0.15, 0.2) is 12.1 Å². The second-order valence-electron chi connectivity index (χ2n) is 19.2. The van der Waals surface area contributed by atoms with Crippen LogP contribution in [0.3, 0.4) is 0 Å². The van der Waals surface area contributed by atoms with Crippen LogP contribution in [0.5, 0.6) is 0 Å². The van der Waals surface area contributed by atoms with Crippen LogP contribution in [0, 0.1) is 0 Å². The van der Waals surface area contributed by atoms with E-state index in [-0.39, 0.29) is 60.6 Å². The van der Waals surface area contributed by atoms with Gasteiger partial charge < -0.3 is 75.3 Å². The van der Waals surface area contributed by atoms with E-state index in [9.17, 15) is 61.7 Å². The molecule has 0 bridgehead atoms. The monoisotopic (exact) mass is 1100 g/mol. The van der Waals surface area contributed by atoms with Crippen LogP contribution < -0.4 is 31.9 Å². The van der Waals surface area contributed by atoms with Crippen LogP contribution in [-0.2, 0) is 69.9 Å². The molecule has 0 aliphatic heterocycles. The summed E-state index contributed by atoms with van der Waals surface area (Å²) in [4.78, 5) is 98.6. The summed E-state index contributed by atoms with van der Waals surface area (Å²) in [6.45, 7) is 12.5. The largest absolute Gasteiger partial charge is 0.480 e. The molecular formula is C51H75F3N6O17. The zero-order chi connectivity index (χ0) is 57.4. The molecule has 0 spiro atoms. The third kappa shape index (κ3) is 31.9. The molecule has 2 atom stereocenters. The van der Waals surface area contributed by atoms with E-state index < -0.39 is 77.6 Å². The number of alkyl halides is 3. The number of carboxylic acid groups (broad SMARTS) is 2. The first-order chi connectivity index (χ1) is 36.2. The summed E-state index contributed by atoms with van der Waals surface area (Å²) in [5, 5.41) is 35.0. The Kier molecular flexibility index (Phi) is 30.2. The molecule has 0 aromatic heterocycles. The average molecular weight is 1100 g/mol. The molecule has 0 heterocycles. The van der Waals surface area contributed by atoms with Gasteiger partial charge in [-0.25, -0.2) is 19.2 Å². The van der Waals surface area contributed by atoms with Gasteiger partial charge in [0.05, 0.1) is 58.4 Å². The minimum absolute atomic E-state index is 0.00583. The predicted molar refractivity (Wildman–Crippen MR) is 272 cm³/mol. The molecule has 8 N–H and O–H groups in total. The predicted octanol–water partition coefficient (Wildman–Crippen LogP) is 5.79. The zero-order valence-corrected chi connectivity index (χ0v) is 44.5. The number of carbonyl (C=O) groups is 8. The van der Waals surface area contributed by atoms with Crippen LogP contribution in [0.25, 0.3) is 0 Å². The summed E-state index contributed by atoms with van der Waals surface area (Å²) in [7, 11) is 0. The summed E-state index contributed by atoms with van der Waals surface area (Å²) in [6.07, 6.45) is -4.64. The normalized spacial score (nSPS) is 12.4. The SMILES string of the molecule is CC(C)(C)OC(=O)NCCOCCOCCOCCOCC(=O)NCCCCCC(=O)NCCCCCC(=O)Nc1cc(CO[C@H](C(=O)O)[C@H](NC(=O)OC(C)(C)C)C(=O)O)cc(NC(=O)c2ccc(C(F)(F)F)cc2)c1. The van der Waals surface area contributed by atoms with Crippen LogP contribution in [0.1, 0.15) is 114 Å². The first-order valence-electron chi connectivity index (χ1n) is 25.0. The molecule has 0 saturated carbocycles. The fourth-order valence-electron chi connectivity index (χ4n) is 6.49. The summed E-state index contributed by atoms with van der Waals surface area (Å²) in [6, 6.07) is 5.27. The quantitative estimate of drug-likeness (QED) is 0.0375. The smallest absolute Gasteiger partial charge is 0.416 e. The highest BCUT2D eigenvalue weighted by Crippen LogP contribution is 2.29. The fourth-order valence-corrected chi connectivity index (χ4v) is 6.49. The highest BCUT2D eigenvalue weighted by Gasteiger charge is 2.37. The average Bonchev–Trinajstić information content (AvgIpc) is 3.31. The number of benzene rings is 2. The molecule has 2 aromatic carbocycles. The van der Waals surface area contributed by atoms with Gasteiger partial charge in [0, 0.05) is 49.4 Å². The zero-order valence-electron chi connectivity index (χ0n) is 44.5. The Morgan fingerprint density at radius 2 is 1.05 bits per heavy atom. The summed E-state index contributed by atoms with van der Waals surface area (Å²) >= 11 is 0. The molecule has 0 aliphatic rings. The molecule has 2 rings (SSSR count). The van der Waals surface area contributed by atoms with Crippen molar-refractivity contribution in [1.29, 1.82) is 0 Å². The van der Waals surface area contributed by atoms with Gasteiger partial charge in [-0.3, -0.25) is 19.2 Å². The van der Waals surface area contributed by atoms with Gasteiger partial charge in [0.2, 0.25) is 17.7 Å². The van der Waals surface area contributed by atoms with Crippen molar-refractivity contribution >= 4 is 59.1 Å². The number of aliphatic carboxylic acids is 2. The Hall–Kier alpha value is -6.61. The molecule has 0 aliphatic carbocycles. The molecule has 0 unspecified atom stereocenters. The number of hydrogen-bond acceptors (Lipinski definition) is 15. The van der Waals surface area contributed by atoms with E-state index in [2.05, 4.69) is 26.6 Å². The van der Waals surface area contributed by atoms with Crippen molar-refractivity contribution in [3.8, 4) is 0 Å². The van der Waals surface area contributed by atoms with Gasteiger partial charge in [-0.05, 0) is 115 Å². The molecule has 0 saturated heterocycles. The van der Waals surface area contributed by atoms with Gasteiger partial charge in [-0.15, -0.1) is 0 Å². The number of carboxylic acids is 2. The van der Waals surface area contributed by atoms with E-state index in [1.165, 1.54) is 39.0 Å². The Morgan fingerprint density at radius 3 is 1.58 bits per heavy atom. The van der Waals surface area contributed by atoms with E-state index in [0.717, 1.165) is 24.3 Å². The highest BCUT2D eigenvalue weighted by molar-refractivity contribution is 6.05. The second kappa shape index (κ2) is 34.9. The molecule has 0 fully saturated rings. The van der Waals surface area contributed by atoms with Gasteiger partial charge in [-0.1, -0.05) is 12.8 Å². The van der Waals surface area contributed by atoms with Crippen LogP contribution in [0.2, 0.25) is 0 Å². The van der Waals surface area contributed by atoms with Crippen molar-refractivity contribution in [2.45, 2.75) is 129 Å². The van der Waals surface area contributed by atoms with Crippen molar-refractivity contribution < 1.29 is 94.9 Å². The first-order valence-corrected chi connectivity index (χ1v) is 25.0. The number of hydrogen-bond donors (Lipinski definition) is 8. The van der Waals surface area contributed by atoms with Gasteiger partial charge >= 0.3 is 30.3 Å². The summed E-state index contributed by atoms with van der Waals surface area (Å²) < 4.78 is 76.5. The van der Waals surface area contributed by atoms with E-state index in [1.54, 1.807) is 20.8 Å². The maximum absolute atomic E-state index is 13.1. The number of ether oxygens (including phenoxy) is 7. The summed E-state index contributed by atoms with van der Waals surface area (Å²) in [5.41, 5.74) is -2.52. The van der Waals surface area contributed by atoms with Crippen molar-refractivity contribution in [1.82, 2.24) is 21.3 Å². The van der Waals surface area contributed by atoms with Gasteiger partial charge in [0.25, 0.3) is 5.91 Å². The molecule has 0 radical (unpaired) electrons. The van der Waals surface area contributed by atoms with Crippen molar-refractivity contribution in [2.75, 3.05) is 83.1 Å². The highest BCUT2D eigenvalue weighted by atomic mass is 19.4. The number of carbonyl (C=O) groups excluding carboxylic acids is 6. The number of halogens is 3.